The maximum absolute atomic E-state index is 12.9. The highest BCUT2D eigenvalue weighted by Gasteiger charge is 2.17. The topological polar surface area (TPSA) is 89.1 Å². The number of hydrogen-bond acceptors (Lipinski definition) is 7. The van der Waals surface area contributed by atoms with Crippen molar-refractivity contribution in [1.29, 1.82) is 0 Å². The minimum Gasteiger partial charge on any atom is -0.419 e. The van der Waals surface area contributed by atoms with Crippen LogP contribution in [0, 0.1) is 13.8 Å². The smallest absolute Gasteiger partial charge is 0.257 e. The molecule has 4 rings (SSSR count). The van der Waals surface area contributed by atoms with E-state index in [2.05, 4.69) is 27.5 Å². The highest BCUT2D eigenvalue weighted by Crippen LogP contribution is 2.23. The van der Waals surface area contributed by atoms with Gasteiger partial charge >= 0.3 is 0 Å². The first kappa shape index (κ1) is 21.9. The number of benzene rings is 1. The maximum atomic E-state index is 12.9. The number of anilines is 1. The van der Waals surface area contributed by atoms with Crippen molar-refractivity contribution in [3.05, 3.63) is 65.0 Å². The van der Waals surface area contributed by atoms with E-state index in [0.717, 1.165) is 29.2 Å². The zero-order valence-electron chi connectivity index (χ0n) is 18.4. The SMILES string of the molecule is CCCN(CC(=O)Nc1cc(C)nn1-c1ccc(C)cc1)Cc1nnc(-c2cccs2)o1. The van der Waals surface area contributed by atoms with E-state index in [1.807, 2.05) is 66.6 Å². The fourth-order valence-corrected chi connectivity index (χ4v) is 4.04. The number of amides is 1. The van der Waals surface area contributed by atoms with Crippen LogP contribution < -0.4 is 5.32 Å². The lowest BCUT2D eigenvalue weighted by molar-refractivity contribution is -0.117. The van der Waals surface area contributed by atoms with Crippen LogP contribution in [-0.4, -0.2) is 43.9 Å². The van der Waals surface area contributed by atoms with E-state index in [1.54, 1.807) is 16.0 Å². The van der Waals surface area contributed by atoms with Crippen LogP contribution in [0.3, 0.4) is 0 Å². The summed E-state index contributed by atoms with van der Waals surface area (Å²) in [6.07, 6.45) is 0.902. The van der Waals surface area contributed by atoms with E-state index in [4.69, 9.17) is 4.42 Å². The molecule has 0 aliphatic heterocycles. The van der Waals surface area contributed by atoms with Gasteiger partial charge in [0.1, 0.15) is 5.82 Å². The molecule has 0 aliphatic rings. The van der Waals surface area contributed by atoms with Crippen LogP contribution in [0.15, 0.2) is 52.3 Å². The van der Waals surface area contributed by atoms with Crippen LogP contribution in [0.5, 0.6) is 0 Å². The van der Waals surface area contributed by atoms with Crippen LogP contribution in [0.2, 0.25) is 0 Å². The van der Waals surface area contributed by atoms with Gasteiger partial charge in [0, 0.05) is 6.07 Å². The Hall–Kier alpha value is -3.30. The van der Waals surface area contributed by atoms with Gasteiger partial charge in [0.25, 0.3) is 5.89 Å². The predicted octanol–water partition coefficient (Wildman–Crippen LogP) is 4.45. The zero-order valence-corrected chi connectivity index (χ0v) is 19.2. The molecule has 0 spiro atoms. The lowest BCUT2D eigenvalue weighted by Crippen LogP contribution is -2.34. The van der Waals surface area contributed by atoms with Gasteiger partial charge in [-0.25, -0.2) is 4.68 Å². The van der Waals surface area contributed by atoms with E-state index in [-0.39, 0.29) is 12.5 Å². The summed E-state index contributed by atoms with van der Waals surface area (Å²) in [5.74, 6) is 1.53. The average Bonchev–Trinajstić information content (AvgIpc) is 3.50. The summed E-state index contributed by atoms with van der Waals surface area (Å²) < 4.78 is 7.55. The monoisotopic (exact) mass is 450 g/mol. The molecule has 166 valence electrons. The molecule has 4 aromatic rings. The molecule has 0 bridgehead atoms. The normalized spacial score (nSPS) is 11.2. The molecule has 0 unspecified atom stereocenters. The van der Waals surface area contributed by atoms with Crippen molar-refractivity contribution in [3.8, 4) is 16.5 Å². The van der Waals surface area contributed by atoms with Gasteiger partial charge < -0.3 is 9.73 Å². The van der Waals surface area contributed by atoms with Gasteiger partial charge in [-0.2, -0.15) is 5.10 Å². The number of nitrogens with one attached hydrogen (secondary N) is 1. The molecule has 3 aromatic heterocycles. The molecular weight excluding hydrogens is 424 g/mol. The second kappa shape index (κ2) is 9.88. The summed E-state index contributed by atoms with van der Waals surface area (Å²) in [6, 6.07) is 13.8. The Morgan fingerprint density at radius 2 is 2.00 bits per heavy atom. The molecule has 9 heteroatoms. The Morgan fingerprint density at radius 3 is 2.72 bits per heavy atom. The number of rotatable bonds is 9. The molecule has 8 nitrogen and oxygen atoms in total. The fraction of sp³-hybridized carbons (Fsp3) is 0.304. The van der Waals surface area contributed by atoms with Crippen LogP contribution in [0.4, 0.5) is 5.82 Å². The Bertz CT molecular complexity index is 1160. The molecule has 0 radical (unpaired) electrons. The Balaban J connectivity index is 1.43. The maximum Gasteiger partial charge on any atom is 0.257 e. The number of aromatic nitrogens is 4. The number of aryl methyl sites for hydroxylation is 2. The molecule has 0 aliphatic carbocycles. The predicted molar refractivity (Wildman–Crippen MR) is 125 cm³/mol. The van der Waals surface area contributed by atoms with E-state index >= 15 is 0 Å². The van der Waals surface area contributed by atoms with E-state index < -0.39 is 0 Å². The van der Waals surface area contributed by atoms with Gasteiger partial charge in [-0.05, 0) is 50.4 Å². The van der Waals surface area contributed by atoms with Crippen LogP contribution in [-0.2, 0) is 11.3 Å². The van der Waals surface area contributed by atoms with E-state index in [0.29, 0.717) is 24.1 Å². The third-order valence-electron chi connectivity index (χ3n) is 4.84. The van der Waals surface area contributed by atoms with Crippen molar-refractivity contribution in [3.63, 3.8) is 0 Å². The van der Waals surface area contributed by atoms with Crippen LogP contribution in [0.25, 0.3) is 16.5 Å². The van der Waals surface area contributed by atoms with Crippen LogP contribution >= 0.6 is 11.3 Å². The molecule has 1 aromatic carbocycles. The lowest BCUT2D eigenvalue weighted by Gasteiger charge is -2.19. The van der Waals surface area contributed by atoms with Crippen molar-refractivity contribution in [2.24, 2.45) is 0 Å². The first-order valence-electron chi connectivity index (χ1n) is 10.5. The first-order valence-corrected chi connectivity index (χ1v) is 11.4. The summed E-state index contributed by atoms with van der Waals surface area (Å²) in [5.41, 5.74) is 2.90. The molecular formula is C23H26N6O2S. The first-order chi connectivity index (χ1) is 15.5. The van der Waals surface area contributed by atoms with Crippen molar-refractivity contribution in [2.75, 3.05) is 18.4 Å². The molecule has 1 amide bonds. The molecule has 0 atom stereocenters. The lowest BCUT2D eigenvalue weighted by atomic mass is 10.2. The number of carbonyl (C=O) groups is 1. The Morgan fingerprint density at radius 1 is 1.19 bits per heavy atom. The summed E-state index contributed by atoms with van der Waals surface area (Å²) in [4.78, 5) is 15.8. The van der Waals surface area contributed by atoms with Gasteiger partial charge in [-0.1, -0.05) is 30.7 Å². The fourth-order valence-electron chi connectivity index (χ4n) is 3.40. The Labute approximate surface area is 190 Å². The van der Waals surface area contributed by atoms with Crippen molar-refractivity contribution in [1.82, 2.24) is 24.9 Å². The van der Waals surface area contributed by atoms with Crippen molar-refractivity contribution >= 4 is 23.1 Å². The van der Waals surface area contributed by atoms with Crippen molar-refractivity contribution in [2.45, 2.75) is 33.7 Å². The van der Waals surface area contributed by atoms with Gasteiger partial charge in [0.05, 0.1) is 29.3 Å². The number of carbonyl (C=O) groups excluding carboxylic acids is 1. The molecule has 3 heterocycles. The minimum absolute atomic E-state index is 0.121. The number of nitrogens with zero attached hydrogens (tertiary/aromatic N) is 5. The quantitative estimate of drug-likeness (QED) is 0.405. The molecule has 32 heavy (non-hydrogen) atoms. The highest BCUT2D eigenvalue weighted by atomic mass is 32.1. The second-order valence-corrected chi connectivity index (χ2v) is 8.60. The molecule has 0 saturated carbocycles. The standard InChI is InChI=1S/C23H26N6O2S/c1-4-11-28(15-22-25-26-23(31-22)19-6-5-12-32-19)14-21(30)24-20-13-17(3)27-29(20)18-9-7-16(2)8-10-18/h5-10,12-13H,4,11,14-15H2,1-3H3,(H,24,30). The molecule has 0 fully saturated rings. The van der Waals surface area contributed by atoms with E-state index in [1.165, 1.54) is 5.56 Å². The summed E-state index contributed by atoms with van der Waals surface area (Å²) in [6.45, 7) is 7.38. The minimum atomic E-state index is -0.121. The largest absolute Gasteiger partial charge is 0.419 e. The Kier molecular flexibility index (Phi) is 6.77. The van der Waals surface area contributed by atoms with Gasteiger partial charge in [0.15, 0.2) is 0 Å². The third kappa shape index (κ3) is 5.30. The van der Waals surface area contributed by atoms with E-state index in [9.17, 15) is 4.79 Å². The van der Waals surface area contributed by atoms with Gasteiger partial charge in [-0.15, -0.1) is 21.5 Å². The number of thiophene rings is 1. The number of hydrogen-bond donors (Lipinski definition) is 1. The molecule has 0 saturated heterocycles. The van der Waals surface area contributed by atoms with Crippen LogP contribution in [0.1, 0.15) is 30.5 Å². The summed E-state index contributed by atoms with van der Waals surface area (Å²) in [7, 11) is 0. The summed E-state index contributed by atoms with van der Waals surface area (Å²) in [5, 5.41) is 17.8. The third-order valence-corrected chi connectivity index (χ3v) is 5.70. The highest BCUT2D eigenvalue weighted by molar-refractivity contribution is 7.13. The van der Waals surface area contributed by atoms with Gasteiger partial charge in [0.2, 0.25) is 11.8 Å². The summed E-state index contributed by atoms with van der Waals surface area (Å²) >= 11 is 1.55. The average molecular weight is 451 g/mol. The molecule has 1 N–H and O–H groups in total. The second-order valence-electron chi connectivity index (χ2n) is 7.66. The van der Waals surface area contributed by atoms with Gasteiger partial charge in [-0.3, -0.25) is 9.69 Å². The zero-order chi connectivity index (χ0) is 22.5. The van der Waals surface area contributed by atoms with Crippen molar-refractivity contribution < 1.29 is 9.21 Å².